The van der Waals surface area contributed by atoms with Crippen LogP contribution in [-0.2, 0) is 10.0 Å². The summed E-state index contributed by atoms with van der Waals surface area (Å²) in [5, 5.41) is 9.56. The SMILES string of the molecule is CCCCN(CC)c1ncc(NS(=O)(=O)c2ccc(C)cc2)cc1C(=O)O. The van der Waals surface area contributed by atoms with Gasteiger partial charge in [0, 0.05) is 13.1 Å². The van der Waals surface area contributed by atoms with Gasteiger partial charge in [-0.15, -0.1) is 0 Å². The molecule has 0 spiro atoms. The number of benzene rings is 1. The first kappa shape index (κ1) is 20.7. The minimum Gasteiger partial charge on any atom is -0.478 e. The molecule has 1 aromatic heterocycles. The van der Waals surface area contributed by atoms with Gasteiger partial charge in [-0.05, 0) is 38.5 Å². The lowest BCUT2D eigenvalue weighted by molar-refractivity contribution is 0.0697. The van der Waals surface area contributed by atoms with Gasteiger partial charge in [-0.2, -0.15) is 0 Å². The molecule has 0 saturated carbocycles. The van der Waals surface area contributed by atoms with Crippen molar-refractivity contribution < 1.29 is 18.3 Å². The maximum absolute atomic E-state index is 12.5. The van der Waals surface area contributed by atoms with Crippen LogP contribution in [0.2, 0.25) is 0 Å². The van der Waals surface area contributed by atoms with Crippen LogP contribution < -0.4 is 9.62 Å². The monoisotopic (exact) mass is 391 g/mol. The number of aryl methyl sites for hydroxylation is 1. The summed E-state index contributed by atoms with van der Waals surface area (Å²) in [5.41, 5.74) is 1.03. The van der Waals surface area contributed by atoms with E-state index in [4.69, 9.17) is 0 Å². The average Bonchev–Trinajstić information content (AvgIpc) is 2.63. The summed E-state index contributed by atoms with van der Waals surface area (Å²) >= 11 is 0. The molecule has 0 amide bonds. The zero-order chi connectivity index (χ0) is 20.0. The summed E-state index contributed by atoms with van der Waals surface area (Å²) in [6, 6.07) is 7.71. The predicted octanol–water partition coefficient (Wildman–Crippen LogP) is 3.52. The second-order valence-electron chi connectivity index (χ2n) is 6.25. The van der Waals surface area contributed by atoms with Crippen molar-refractivity contribution in [2.45, 2.75) is 38.5 Å². The van der Waals surface area contributed by atoms with E-state index in [9.17, 15) is 18.3 Å². The summed E-state index contributed by atoms with van der Waals surface area (Å²) in [7, 11) is -3.82. The molecule has 1 aromatic carbocycles. The molecule has 27 heavy (non-hydrogen) atoms. The van der Waals surface area contributed by atoms with Crippen molar-refractivity contribution in [3.63, 3.8) is 0 Å². The van der Waals surface area contributed by atoms with E-state index in [2.05, 4.69) is 16.6 Å². The van der Waals surface area contributed by atoms with E-state index in [-0.39, 0.29) is 16.1 Å². The lowest BCUT2D eigenvalue weighted by atomic mass is 10.2. The Morgan fingerprint density at radius 1 is 1.22 bits per heavy atom. The van der Waals surface area contributed by atoms with Crippen molar-refractivity contribution in [2.24, 2.45) is 0 Å². The van der Waals surface area contributed by atoms with E-state index in [0.29, 0.717) is 18.9 Å². The molecule has 0 bridgehead atoms. The molecular weight excluding hydrogens is 366 g/mol. The van der Waals surface area contributed by atoms with Gasteiger partial charge in [0.1, 0.15) is 11.4 Å². The fourth-order valence-electron chi connectivity index (χ4n) is 2.62. The Balaban J connectivity index is 2.34. The smallest absolute Gasteiger partial charge is 0.339 e. The normalized spacial score (nSPS) is 11.2. The Kier molecular flexibility index (Phi) is 6.79. The number of rotatable bonds is 9. The third-order valence-corrected chi connectivity index (χ3v) is 5.54. The van der Waals surface area contributed by atoms with Gasteiger partial charge < -0.3 is 10.0 Å². The van der Waals surface area contributed by atoms with Crippen molar-refractivity contribution in [1.29, 1.82) is 0 Å². The number of nitrogens with zero attached hydrogens (tertiary/aromatic N) is 2. The van der Waals surface area contributed by atoms with E-state index in [1.54, 1.807) is 12.1 Å². The molecule has 2 N–H and O–H groups in total. The number of pyridine rings is 1. The number of aromatic carboxylic acids is 1. The van der Waals surface area contributed by atoms with Crippen molar-refractivity contribution in [3.8, 4) is 0 Å². The minimum absolute atomic E-state index is 0.0305. The third kappa shape index (κ3) is 5.19. The molecule has 2 rings (SSSR count). The molecule has 1 heterocycles. The predicted molar refractivity (Wildman–Crippen MR) is 106 cm³/mol. The number of hydrogen-bond acceptors (Lipinski definition) is 5. The molecule has 0 aliphatic heterocycles. The lowest BCUT2D eigenvalue weighted by Crippen LogP contribution is -2.27. The molecule has 146 valence electrons. The Labute approximate surface area is 160 Å². The maximum atomic E-state index is 12.5. The fourth-order valence-corrected chi connectivity index (χ4v) is 3.65. The van der Waals surface area contributed by atoms with Crippen LogP contribution in [0.25, 0.3) is 0 Å². The molecule has 8 heteroatoms. The standard InChI is InChI=1S/C19H25N3O4S/c1-4-6-11-22(5-2)18-17(19(23)24)12-15(13-20-18)21-27(25,26)16-9-7-14(3)8-10-16/h7-10,12-13,21H,4-6,11H2,1-3H3,(H,23,24). The van der Waals surface area contributed by atoms with Crippen LogP contribution in [0.1, 0.15) is 42.6 Å². The van der Waals surface area contributed by atoms with E-state index in [0.717, 1.165) is 18.4 Å². The number of nitrogens with one attached hydrogen (secondary N) is 1. The zero-order valence-electron chi connectivity index (χ0n) is 15.8. The first-order valence-electron chi connectivity index (χ1n) is 8.86. The number of carbonyl (C=O) groups is 1. The average molecular weight is 391 g/mol. The number of carboxylic acid groups (broad SMARTS) is 1. The van der Waals surface area contributed by atoms with Crippen molar-refractivity contribution in [1.82, 2.24) is 4.98 Å². The van der Waals surface area contributed by atoms with Crippen LogP contribution in [0.15, 0.2) is 41.4 Å². The summed E-state index contributed by atoms with van der Waals surface area (Å²) < 4.78 is 27.4. The van der Waals surface area contributed by atoms with Gasteiger partial charge in [-0.3, -0.25) is 4.72 Å². The summed E-state index contributed by atoms with van der Waals surface area (Å²) in [4.78, 5) is 17.9. The quantitative estimate of drug-likeness (QED) is 0.678. The van der Waals surface area contributed by atoms with Crippen molar-refractivity contribution in [3.05, 3.63) is 47.7 Å². The van der Waals surface area contributed by atoms with E-state index in [1.807, 2.05) is 18.7 Å². The Morgan fingerprint density at radius 3 is 2.44 bits per heavy atom. The topological polar surface area (TPSA) is 99.6 Å². The molecule has 0 aliphatic carbocycles. The van der Waals surface area contributed by atoms with Crippen molar-refractivity contribution >= 4 is 27.5 Å². The van der Waals surface area contributed by atoms with Gasteiger partial charge in [0.15, 0.2) is 0 Å². The third-order valence-electron chi connectivity index (χ3n) is 4.14. The number of anilines is 2. The van der Waals surface area contributed by atoms with Gasteiger partial charge >= 0.3 is 5.97 Å². The molecule has 0 aliphatic rings. The lowest BCUT2D eigenvalue weighted by Gasteiger charge is -2.23. The molecular formula is C19H25N3O4S. The van der Waals surface area contributed by atoms with Crippen LogP contribution in [0.5, 0.6) is 0 Å². The minimum atomic E-state index is -3.82. The second kappa shape index (κ2) is 8.85. The zero-order valence-corrected chi connectivity index (χ0v) is 16.6. The summed E-state index contributed by atoms with van der Waals surface area (Å²) in [6.07, 6.45) is 3.24. The number of aromatic nitrogens is 1. The number of unbranched alkanes of at least 4 members (excludes halogenated alkanes) is 1. The number of sulfonamides is 1. The van der Waals surface area contributed by atoms with E-state index >= 15 is 0 Å². The summed E-state index contributed by atoms with van der Waals surface area (Å²) in [5.74, 6) is -0.805. The van der Waals surface area contributed by atoms with E-state index < -0.39 is 16.0 Å². The highest BCUT2D eigenvalue weighted by Crippen LogP contribution is 2.24. The van der Waals surface area contributed by atoms with E-state index in [1.165, 1.54) is 24.4 Å². The Hall–Kier alpha value is -2.61. The van der Waals surface area contributed by atoms with Crippen LogP contribution in [0.4, 0.5) is 11.5 Å². The molecule has 0 radical (unpaired) electrons. The van der Waals surface area contributed by atoms with Crippen LogP contribution in [0.3, 0.4) is 0 Å². The van der Waals surface area contributed by atoms with Gasteiger partial charge in [0.25, 0.3) is 10.0 Å². The molecule has 0 fully saturated rings. The highest BCUT2D eigenvalue weighted by Gasteiger charge is 2.20. The molecule has 0 unspecified atom stereocenters. The maximum Gasteiger partial charge on any atom is 0.339 e. The second-order valence-corrected chi connectivity index (χ2v) is 7.93. The van der Waals surface area contributed by atoms with Gasteiger partial charge in [0.05, 0.1) is 16.8 Å². The highest BCUT2D eigenvalue weighted by atomic mass is 32.2. The Morgan fingerprint density at radius 2 is 1.89 bits per heavy atom. The van der Waals surface area contributed by atoms with Crippen LogP contribution in [0, 0.1) is 6.92 Å². The fraction of sp³-hybridized carbons (Fsp3) is 0.368. The number of hydrogen-bond donors (Lipinski definition) is 2. The first-order chi connectivity index (χ1) is 12.8. The molecule has 2 aromatic rings. The Bertz CT molecular complexity index is 896. The van der Waals surface area contributed by atoms with Crippen LogP contribution >= 0.6 is 0 Å². The molecule has 0 atom stereocenters. The van der Waals surface area contributed by atoms with Crippen molar-refractivity contribution in [2.75, 3.05) is 22.7 Å². The number of carboxylic acids is 1. The first-order valence-corrected chi connectivity index (χ1v) is 10.3. The molecule has 0 saturated heterocycles. The van der Waals surface area contributed by atoms with Crippen LogP contribution in [-0.4, -0.2) is 37.6 Å². The summed E-state index contributed by atoms with van der Waals surface area (Å²) in [6.45, 7) is 7.15. The van der Waals surface area contributed by atoms with Gasteiger partial charge in [0.2, 0.25) is 0 Å². The highest BCUT2D eigenvalue weighted by molar-refractivity contribution is 7.92. The van der Waals surface area contributed by atoms with Gasteiger partial charge in [-0.1, -0.05) is 31.0 Å². The largest absolute Gasteiger partial charge is 0.478 e. The van der Waals surface area contributed by atoms with Gasteiger partial charge in [-0.25, -0.2) is 18.2 Å². The molecule has 7 nitrogen and oxygen atoms in total.